The van der Waals surface area contributed by atoms with Crippen LogP contribution in [0.2, 0.25) is 0 Å². The number of nitrogens with one attached hydrogen (secondary N) is 1. The van der Waals surface area contributed by atoms with Gasteiger partial charge in [-0.25, -0.2) is 8.42 Å². The summed E-state index contributed by atoms with van der Waals surface area (Å²) in [5.41, 5.74) is 1.20. The quantitative estimate of drug-likeness (QED) is 0.600. The van der Waals surface area contributed by atoms with Crippen LogP contribution in [0.15, 0.2) is 65.7 Å². The van der Waals surface area contributed by atoms with Crippen molar-refractivity contribution in [3.05, 3.63) is 66.4 Å². The Balaban J connectivity index is 1.60. The number of hydrogen-bond acceptors (Lipinski definition) is 4. The SMILES string of the molecule is CN(C)C1CCC(C(OCc2cccc3[nH]ccc23)S(=O)(=O)c2ccccc2)CC1. The number of rotatable bonds is 7. The summed E-state index contributed by atoms with van der Waals surface area (Å²) < 4.78 is 33.3. The predicted molar refractivity (Wildman–Crippen MR) is 120 cm³/mol. The fourth-order valence-corrected chi connectivity index (χ4v) is 6.39. The Morgan fingerprint density at radius 1 is 1.00 bits per heavy atom. The molecule has 30 heavy (non-hydrogen) atoms. The van der Waals surface area contributed by atoms with Crippen LogP contribution in [0.5, 0.6) is 0 Å². The van der Waals surface area contributed by atoms with Gasteiger partial charge in [-0.15, -0.1) is 0 Å². The number of ether oxygens (including phenoxy) is 1. The topological polar surface area (TPSA) is 62.4 Å². The predicted octanol–water partition coefficient (Wildman–Crippen LogP) is 4.60. The van der Waals surface area contributed by atoms with Crippen LogP contribution in [0.1, 0.15) is 31.2 Å². The summed E-state index contributed by atoms with van der Waals surface area (Å²) >= 11 is 0. The molecule has 1 aliphatic rings. The minimum absolute atomic E-state index is 0.00293. The number of aromatic amines is 1. The molecule has 1 fully saturated rings. The smallest absolute Gasteiger partial charge is 0.205 e. The van der Waals surface area contributed by atoms with Gasteiger partial charge < -0.3 is 14.6 Å². The van der Waals surface area contributed by atoms with E-state index >= 15 is 0 Å². The Kier molecular flexibility index (Phi) is 6.27. The third kappa shape index (κ3) is 4.31. The van der Waals surface area contributed by atoms with Crippen molar-refractivity contribution < 1.29 is 13.2 Å². The van der Waals surface area contributed by atoms with E-state index in [-0.39, 0.29) is 12.5 Å². The summed E-state index contributed by atoms with van der Waals surface area (Å²) in [6.45, 7) is 0.277. The molecule has 1 heterocycles. The van der Waals surface area contributed by atoms with Gasteiger partial charge in [-0.3, -0.25) is 0 Å². The van der Waals surface area contributed by atoms with Crippen molar-refractivity contribution in [1.29, 1.82) is 0 Å². The highest BCUT2D eigenvalue weighted by Gasteiger charge is 2.38. The first-order valence-corrected chi connectivity index (χ1v) is 12.1. The second-order valence-corrected chi connectivity index (χ2v) is 10.5. The van der Waals surface area contributed by atoms with E-state index < -0.39 is 15.3 Å². The van der Waals surface area contributed by atoms with Crippen LogP contribution in [0, 0.1) is 5.92 Å². The van der Waals surface area contributed by atoms with Gasteiger partial charge in [-0.05, 0) is 69.6 Å². The zero-order valence-corrected chi connectivity index (χ0v) is 18.4. The largest absolute Gasteiger partial charge is 0.361 e. The molecule has 0 spiro atoms. The van der Waals surface area contributed by atoms with Gasteiger partial charge in [0.2, 0.25) is 9.84 Å². The molecular formula is C24H30N2O3S. The second-order valence-electron chi connectivity index (χ2n) is 8.43. The van der Waals surface area contributed by atoms with E-state index in [0.29, 0.717) is 10.9 Å². The first kappa shape index (κ1) is 21.1. The lowest BCUT2D eigenvalue weighted by molar-refractivity contribution is 0.0329. The molecule has 5 nitrogen and oxygen atoms in total. The van der Waals surface area contributed by atoms with Crippen LogP contribution in [-0.2, 0) is 21.2 Å². The molecular weight excluding hydrogens is 396 g/mol. The van der Waals surface area contributed by atoms with Gasteiger partial charge >= 0.3 is 0 Å². The standard InChI is InChI=1S/C24H30N2O3S/c1-26(2)20-13-11-18(12-14-20)24(30(27,28)21-8-4-3-5-9-21)29-17-19-7-6-10-23-22(19)15-16-25-23/h3-10,15-16,18,20,24-25H,11-14,17H2,1-2H3. The van der Waals surface area contributed by atoms with Crippen LogP contribution in [0.3, 0.4) is 0 Å². The monoisotopic (exact) mass is 426 g/mol. The summed E-state index contributed by atoms with van der Waals surface area (Å²) in [7, 11) is 0.597. The summed E-state index contributed by atoms with van der Waals surface area (Å²) in [6.07, 6.45) is 5.60. The van der Waals surface area contributed by atoms with Gasteiger partial charge in [0.15, 0.2) is 5.44 Å². The van der Waals surface area contributed by atoms with E-state index in [1.165, 1.54) is 0 Å². The summed E-state index contributed by atoms with van der Waals surface area (Å²) in [5, 5.41) is 1.07. The van der Waals surface area contributed by atoms with Crippen molar-refractivity contribution in [3.63, 3.8) is 0 Å². The van der Waals surface area contributed by atoms with Gasteiger partial charge in [-0.1, -0.05) is 30.3 Å². The molecule has 2 aromatic carbocycles. The molecule has 0 amide bonds. The lowest BCUT2D eigenvalue weighted by Gasteiger charge is -2.36. The number of sulfone groups is 1. The molecule has 1 atom stereocenters. The van der Waals surface area contributed by atoms with Crippen LogP contribution in [0.4, 0.5) is 0 Å². The fraction of sp³-hybridized carbons (Fsp3) is 0.417. The molecule has 0 saturated heterocycles. The maximum Gasteiger partial charge on any atom is 0.205 e. The molecule has 1 N–H and O–H groups in total. The van der Waals surface area contributed by atoms with Crippen molar-refractivity contribution in [2.24, 2.45) is 5.92 Å². The third-order valence-corrected chi connectivity index (χ3v) is 8.38. The van der Waals surface area contributed by atoms with Crippen molar-refractivity contribution in [2.75, 3.05) is 14.1 Å². The van der Waals surface area contributed by atoms with Gasteiger partial charge in [0.1, 0.15) is 0 Å². The zero-order chi connectivity index (χ0) is 21.1. The Bertz CT molecular complexity index is 1070. The number of hydrogen-bond donors (Lipinski definition) is 1. The van der Waals surface area contributed by atoms with E-state index in [1.807, 2.05) is 36.5 Å². The lowest BCUT2D eigenvalue weighted by atomic mass is 9.86. The van der Waals surface area contributed by atoms with Crippen molar-refractivity contribution in [3.8, 4) is 0 Å². The fourth-order valence-electron chi connectivity index (χ4n) is 4.56. The maximum absolute atomic E-state index is 13.5. The molecule has 3 aromatic rings. The van der Waals surface area contributed by atoms with Gasteiger partial charge in [0.25, 0.3) is 0 Å². The van der Waals surface area contributed by atoms with Crippen LogP contribution in [-0.4, -0.2) is 43.9 Å². The third-order valence-electron chi connectivity index (χ3n) is 6.32. The van der Waals surface area contributed by atoms with E-state index in [9.17, 15) is 8.42 Å². The highest BCUT2D eigenvalue weighted by Crippen LogP contribution is 2.35. The molecule has 6 heteroatoms. The average molecular weight is 427 g/mol. The zero-order valence-electron chi connectivity index (χ0n) is 17.6. The molecule has 1 aromatic heterocycles. The van der Waals surface area contributed by atoms with Gasteiger partial charge in [0, 0.05) is 29.1 Å². The Morgan fingerprint density at radius 2 is 1.73 bits per heavy atom. The minimum atomic E-state index is -3.59. The number of nitrogens with zero attached hydrogens (tertiary/aromatic N) is 1. The normalized spacial score (nSPS) is 21.2. The molecule has 0 bridgehead atoms. The Hall–Kier alpha value is -2.15. The van der Waals surface area contributed by atoms with Crippen LogP contribution < -0.4 is 0 Å². The first-order chi connectivity index (χ1) is 14.5. The second kappa shape index (κ2) is 8.92. The summed E-state index contributed by atoms with van der Waals surface area (Å²) in [5.74, 6) is -0.00293. The molecule has 1 unspecified atom stereocenters. The summed E-state index contributed by atoms with van der Waals surface area (Å²) in [6, 6.07) is 17.2. The van der Waals surface area contributed by atoms with Crippen LogP contribution in [0.25, 0.3) is 10.9 Å². The molecule has 160 valence electrons. The van der Waals surface area contributed by atoms with Crippen molar-refractivity contribution in [2.45, 2.75) is 48.7 Å². The van der Waals surface area contributed by atoms with E-state index in [2.05, 4.69) is 24.0 Å². The van der Waals surface area contributed by atoms with E-state index in [0.717, 1.165) is 42.1 Å². The molecule has 0 radical (unpaired) electrons. The number of aromatic nitrogens is 1. The molecule has 1 aliphatic carbocycles. The van der Waals surface area contributed by atoms with Gasteiger partial charge in [-0.2, -0.15) is 0 Å². The Morgan fingerprint density at radius 3 is 2.43 bits per heavy atom. The average Bonchev–Trinajstić information content (AvgIpc) is 3.24. The van der Waals surface area contributed by atoms with Gasteiger partial charge in [0.05, 0.1) is 11.5 Å². The highest BCUT2D eigenvalue weighted by molar-refractivity contribution is 7.92. The van der Waals surface area contributed by atoms with E-state index in [4.69, 9.17) is 4.74 Å². The number of H-pyrrole nitrogens is 1. The number of benzene rings is 2. The lowest BCUT2D eigenvalue weighted by Crippen LogP contribution is -2.39. The molecule has 0 aliphatic heterocycles. The van der Waals surface area contributed by atoms with Crippen molar-refractivity contribution >= 4 is 20.7 Å². The molecule has 4 rings (SSSR count). The Labute approximate surface area is 179 Å². The first-order valence-electron chi connectivity index (χ1n) is 10.6. The molecule has 1 saturated carbocycles. The number of fused-ring (bicyclic) bond motifs is 1. The highest BCUT2D eigenvalue weighted by atomic mass is 32.2. The summed E-state index contributed by atoms with van der Waals surface area (Å²) in [4.78, 5) is 5.78. The van der Waals surface area contributed by atoms with Crippen LogP contribution >= 0.6 is 0 Å². The minimum Gasteiger partial charge on any atom is -0.361 e. The van der Waals surface area contributed by atoms with Crippen molar-refractivity contribution in [1.82, 2.24) is 9.88 Å². The maximum atomic E-state index is 13.5. The van der Waals surface area contributed by atoms with E-state index in [1.54, 1.807) is 24.3 Å².